The third-order valence-corrected chi connectivity index (χ3v) is 8.12. The molecule has 3 aromatic rings. The predicted octanol–water partition coefficient (Wildman–Crippen LogP) is 3.08. The molecule has 37 heavy (non-hydrogen) atoms. The normalized spacial score (nSPS) is 15.5. The number of ether oxygens (including phenoxy) is 2. The second kappa shape index (κ2) is 10.4. The van der Waals surface area contributed by atoms with Gasteiger partial charge in [0.15, 0.2) is 4.80 Å². The number of nitrogens with zero attached hydrogens (tertiary/aromatic N) is 4. The van der Waals surface area contributed by atoms with Crippen molar-refractivity contribution in [2.75, 3.05) is 27.3 Å². The number of carbonyl (C=O) groups excluding carboxylic acids is 1. The molecule has 0 fully saturated rings. The van der Waals surface area contributed by atoms with Gasteiger partial charge in [-0.15, -0.1) is 0 Å². The molecule has 8 nitrogen and oxygen atoms in total. The van der Waals surface area contributed by atoms with E-state index < -0.39 is 6.04 Å². The summed E-state index contributed by atoms with van der Waals surface area (Å²) in [5.41, 5.74) is 4.69. The van der Waals surface area contributed by atoms with Crippen LogP contribution in [-0.2, 0) is 11.8 Å². The molecule has 1 aromatic carbocycles. The number of aromatic nitrogens is 2. The lowest BCUT2D eigenvalue weighted by molar-refractivity contribution is -0.127. The van der Waals surface area contributed by atoms with Crippen LogP contribution in [0.3, 0.4) is 0 Å². The van der Waals surface area contributed by atoms with Crippen LogP contribution in [0, 0.1) is 13.8 Å². The van der Waals surface area contributed by atoms with Gasteiger partial charge >= 0.3 is 0 Å². The molecule has 0 N–H and O–H groups in total. The number of rotatable bonds is 7. The van der Waals surface area contributed by atoms with Crippen molar-refractivity contribution in [2.24, 2.45) is 12.0 Å². The summed E-state index contributed by atoms with van der Waals surface area (Å²) in [7, 11) is 5.18. The zero-order valence-corrected chi connectivity index (χ0v) is 23.5. The van der Waals surface area contributed by atoms with Crippen LogP contribution in [0.5, 0.6) is 11.5 Å². The van der Waals surface area contributed by atoms with Gasteiger partial charge in [0.25, 0.3) is 11.5 Å². The highest BCUT2D eigenvalue weighted by atomic mass is 32.1. The van der Waals surface area contributed by atoms with Gasteiger partial charge in [0.1, 0.15) is 17.5 Å². The Labute approximate surface area is 220 Å². The molecular weight excluding hydrogens is 488 g/mol. The van der Waals surface area contributed by atoms with Gasteiger partial charge in [-0.2, -0.15) is 0 Å². The van der Waals surface area contributed by atoms with Gasteiger partial charge in [-0.1, -0.05) is 11.3 Å². The third kappa shape index (κ3) is 4.52. The monoisotopic (exact) mass is 522 g/mol. The number of hydrogen-bond acceptors (Lipinski definition) is 6. The lowest BCUT2D eigenvalue weighted by Crippen LogP contribution is -2.43. The van der Waals surface area contributed by atoms with E-state index in [1.165, 1.54) is 11.3 Å². The number of likely N-dealkylation sites (N-methyl/N-ethyl adjacent to an activating group) is 1. The Bertz CT molecular complexity index is 1570. The van der Waals surface area contributed by atoms with Gasteiger partial charge < -0.3 is 18.9 Å². The first-order valence-electron chi connectivity index (χ1n) is 12.3. The molecule has 4 rings (SSSR count). The summed E-state index contributed by atoms with van der Waals surface area (Å²) in [4.78, 5) is 34.9. The fourth-order valence-electron chi connectivity index (χ4n) is 4.80. The molecule has 3 heterocycles. The summed E-state index contributed by atoms with van der Waals surface area (Å²) in [6.07, 6.45) is 1.91. The summed E-state index contributed by atoms with van der Waals surface area (Å²) >= 11 is 1.33. The Balaban J connectivity index is 2.04. The number of hydrogen-bond donors (Lipinski definition) is 0. The smallest absolute Gasteiger partial charge is 0.271 e. The Morgan fingerprint density at radius 2 is 1.84 bits per heavy atom. The number of aryl methyl sites for hydroxylation is 1. The quantitative estimate of drug-likeness (QED) is 0.478. The maximum atomic E-state index is 14.0. The van der Waals surface area contributed by atoms with Crippen molar-refractivity contribution in [3.05, 3.63) is 77.7 Å². The Morgan fingerprint density at radius 3 is 2.41 bits per heavy atom. The molecule has 0 spiro atoms. The third-order valence-electron chi connectivity index (χ3n) is 7.14. The Hall–Kier alpha value is -3.59. The number of carbonyl (C=O) groups is 1. The number of thiazole rings is 1. The summed E-state index contributed by atoms with van der Waals surface area (Å²) in [6, 6.07) is 6.79. The summed E-state index contributed by atoms with van der Waals surface area (Å²) in [5.74, 6) is 1.02. The summed E-state index contributed by atoms with van der Waals surface area (Å²) in [5, 5.41) is 0. The predicted molar refractivity (Wildman–Crippen MR) is 146 cm³/mol. The number of amides is 1. The van der Waals surface area contributed by atoms with E-state index in [2.05, 4.69) is 10.6 Å². The summed E-state index contributed by atoms with van der Waals surface area (Å²) in [6.45, 7) is 10.9. The van der Waals surface area contributed by atoms with E-state index in [0.717, 1.165) is 17.0 Å². The van der Waals surface area contributed by atoms with Gasteiger partial charge in [0.05, 0.1) is 30.0 Å². The average molecular weight is 523 g/mol. The second-order valence-corrected chi connectivity index (χ2v) is 10.1. The van der Waals surface area contributed by atoms with Crippen LogP contribution in [0.4, 0.5) is 0 Å². The van der Waals surface area contributed by atoms with Gasteiger partial charge in [-0.25, -0.2) is 4.99 Å². The van der Waals surface area contributed by atoms with Crippen LogP contribution in [-0.4, -0.2) is 47.3 Å². The number of benzene rings is 1. The molecule has 0 unspecified atom stereocenters. The van der Waals surface area contributed by atoms with Gasteiger partial charge in [0, 0.05) is 37.1 Å². The van der Waals surface area contributed by atoms with Crippen LogP contribution in [0.2, 0.25) is 0 Å². The van der Waals surface area contributed by atoms with Gasteiger partial charge in [0.2, 0.25) is 0 Å². The Kier molecular flexibility index (Phi) is 7.45. The molecule has 0 aliphatic carbocycles. The molecule has 0 saturated carbocycles. The zero-order valence-electron chi connectivity index (χ0n) is 22.7. The van der Waals surface area contributed by atoms with Crippen LogP contribution in [0.1, 0.15) is 49.3 Å². The van der Waals surface area contributed by atoms with Gasteiger partial charge in [-0.05, 0) is 70.5 Å². The molecule has 1 atom stereocenters. The minimum atomic E-state index is -0.713. The molecule has 0 radical (unpaired) electrons. The molecule has 196 valence electrons. The molecular formula is C28H34N4O4S. The van der Waals surface area contributed by atoms with Crippen molar-refractivity contribution in [2.45, 2.75) is 40.7 Å². The van der Waals surface area contributed by atoms with Crippen molar-refractivity contribution >= 4 is 23.3 Å². The molecule has 0 bridgehead atoms. The van der Waals surface area contributed by atoms with Crippen LogP contribution in [0.15, 0.2) is 45.3 Å². The number of fused-ring (bicyclic) bond motifs is 1. The highest BCUT2D eigenvalue weighted by Crippen LogP contribution is 2.38. The maximum Gasteiger partial charge on any atom is 0.271 e. The largest absolute Gasteiger partial charge is 0.497 e. The topological polar surface area (TPSA) is 78.1 Å². The number of methoxy groups -OCH3 is 2. The minimum absolute atomic E-state index is 0.148. The average Bonchev–Trinajstić information content (AvgIpc) is 3.32. The van der Waals surface area contributed by atoms with E-state index in [1.54, 1.807) is 35.8 Å². The van der Waals surface area contributed by atoms with Crippen molar-refractivity contribution < 1.29 is 14.3 Å². The van der Waals surface area contributed by atoms with Crippen molar-refractivity contribution in [1.29, 1.82) is 0 Å². The van der Waals surface area contributed by atoms with E-state index in [0.29, 0.717) is 50.8 Å². The van der Waals surface area contributed by atoms with E-state index in [4.69, 9.17) is 14.5 Å². The fourth-order valence-corrected chi connectivity index (χ4v) is 5.83. The van der Waals surface area contributed by atoms with Crippen molar-refractivity contribution in [3.8, 4) is 11.5 Å². The SMILES string of the molecule is CCN(CC)C(=O)C1=C(C)N=c2s/c(=C/c3cc(C)n(C)c3C)c(=O)n2[C@@H]1c1cc(OC)ccc1OC. The maximum absolute atomic E-state index is 14.0. The molecule has 1 aliphatic heterocycles. The first-order valence-corrected chi connectivity index (χ1v) is 13.1. The lowest BCUT2D eigenvalue weighted by Gasteiger charge is -2.30. The molecule has 0 saturated heterocycles. The zero-order chi connectivity index (χ0) is 27.0. The highest BCUT2D eigenvalue weighted by molar-refractivity contribution is 7.07. The standard InChI is InChI=1S/C28H34N4O4S/c1-9-31(10-2)27(34)24-17(4)29-28-32(25(24)21-15-20(35-7)11-12-22(21)36-8)26(33)23(37-28)14-19-13-16(3)30(6)18(19)5/h11-15,25H,9-10H2,1-8H3/b23-14+/t25-/m1/s1. The number of allylic oxidation sites excluding steroid dienone is 1. The highest BCUT2D eigenvalue weighted by Gasteiger charge is 2.36. The Morgan fingerprint density at radius 1 is 1.14 bits per heavy atom. The molecule has 1 aliphatic rings. The van der Waals surface area contributed by atoms with Crippen LogP contribution in [0.25, 0.3) is 6.08 Å². The first kappa shape index (κ1) is 26.5. The minimum Gasteiger partial charge on any atom is -0.497 e. The first-order chi connectivity index (χ1) is 17.7. The van der Waals surface area contributed by atoms with E-state index in [-0.39, 0.29) is 11.5 Å². The summed E-state index contributed by atoms with van der Waals surface area (Å²) < 4.78 is 15.5. The molecule has 9 heteroatoms. The molecule has 2 aromatic heterocycles. The van der Waals surface area contributed by atoms with E-state index in [1.807, 2.05) is 53.8 Å². The van der Waals surface area contributed by atoms with Crippen molar-refractivity contribution in [1.82, 2.24) is 14.0 Å². The van der Waals surface area contributed by atoms with Crippen molar-refractivity contribution in [3.63, 3.8) is 0 Å². The van der Waals surface area contributed by atoms with E-state index >= 15 is 0 Å². The molecule has 1 amide bonds. The second-order valence-electron chi connectivity index (χ2n) is 9.05. The fraction of sp³-hybridized carbons (Fsp3) is 0.393. The van der Waals surface area contributed by atoms with Crippen LogP contribution < -0.4 is 24.4 Å². The van der Waals surface area contributed by atoms with E-state index in [9.17, 15) is 9.59 Å². The van der Waals surface area contributed by atoms with Crippen LogP contribution >= 0.6 is 11.3 Å². The lowest BCUT2D eigenvalue weighted by atomic mass is 9.93. The van der Waals surface area contributed by atoms with Gasteiger partial charge in [-0.3, -0.25) is 14.2 Å².